The number of rotatable bonds is 8. The second-order valence-corrected chi connectivity index (χ2v) is 9.43. The summed E-state index contributed by atoms with van der Waals surface area (Å²) in [5.41, 5.74) is 0.203. The molecule has 2 aliphatic carbocycles. The van der Waals surface area contributed by atoms with E-state index in [1.807, 2.05) is 24.3 Å². The Bertz CT molecular complexity index is 1170. The summed E-state index contributed by atoms with van der Waals surface area (Å²) in [5.74, 6) is 0. The summed E-state index contributed by atoms with van der Waals surface area (Å²) in [6.07, 6.45) is -3.22. The fraction of sp³-hybridized carbons (Fsp3) is 0.423. The quantitative estimate of drug-likeness (QED) is 0.355. The highest BCUT2D eigenvalue weighted by Crippen LogP contribution is 2.40. The first-order valence-corrected chi connectivity index (χ1v) is 11.7. The van der Waals surface area contributed by atoms with E-state index in [-0.39, 0.29) is 24.7 Å². The molecule has 0 atom stereocenters. The molecular formula is C26H25F6N3. The number of benzene rings is 2. The van der Waals surface area contributed by atoms with Crippen LogP contribution in [-0.4, -0.2) is 22.0 Å². The highest BCUT2D eigenvalue weighted by atomic mass is 19.4. The van der Waals surface area contributed by atoms with Crippen LogP contribution >= 0.6 is 0 Å². The Labute approximate surface area is 199 Å². The first-order chi connectivity index (χ1) is 16.6. The van der Waals surface area contributed by atoms with Crippen molar-refractivity contribution in [3.05, 3.63) is 76.5 Å². The van der Waals surface area contributed by atoms with Crippen LogP contribution in [0.4, 0.5) is 26.3 Å². The van der Waals surface area contributed by atoms with Gasteiger partial charge in [-0.25, -0.2) is 0 Å². The minimum Gasteiger partial charge on any atom is -0.309 e. The summed E-state index contributed by atoms with van der Waals surface area (Å²) in [7, 11) is 0. The van der Waals surface area contributed by atoms with Gasteiger partial charge in [-0.3, -0.25) is 9.88 Å². The molecule has 0 unspecified atom stereocenters. The Morgan fingerprint density at radius 3 is 2.00 bits per heavy atom. The monoisotopic (exact) mass is 493 g/mol. The highest BCUT2D eigenvalue weighted by molar-refractivity contribution is 5.83. The van der Waals surface area contributed by atoms with E-state index < -0.39 is 23.5 Å². The van der Waals surface area contributed by atoms with Crippen molar-refractivity contribution in [2.45, 2.75) is 69.8 Å². The van der Waals surface area contributed by atoms with Crippen LogP contribution in [0.5, 0.6) is 0 Å². The number of para-hydroxylation sites is 1. The largest absolute Gasteiger partial charge is 0.416 e. The zero-order valence-electron chi connectivity index (χ0n) is 18.9. The van der Waals surface area contributed by atoms with Crippen LogP contribution in [0.3, 0.4) is 0 Å². The zero-order valence-corrected chi connectivity index (χ0v) is 18.9. The number of hydrogen-bond acceptors (Lipinski definition) is 3. The number of pyridine rings is 1. The maximum Gasteiger partial charge on any atom is 0.416 e. The van der Waals surface area contributed by atoms with Crippen molar-refractivity contribution >= 4 is 10.9 Å². The topological polar surface area (TPSA) is 28.2 Å². The number of alkyl halides is 6. The lowest BCUT2D eigenvalue weighted by Gasteiger charge is -2.24. The van der Waals surface area contributed by atoms with Crippen LogP contribution < -0.4 is 5.32 Å². The molecule has 0 radical (unpaired) electrons. The Kier molecular flexibility index (Phi) is 6.25. The first kappa shape index (κ1) is 24.1. The minimum absolute atomic E-state index is 0.0694. The Hall–Kier alpha value is -2.65. The third-order valence-electron chi connectivity index (χ3n) is 6.64. The van der Waals surface area contributed by atoms with Crippen molar-refractivity contribution in [1.29, 1.82) is 0 Å². The van der Waals surface area contributed by atoms with E-state index in [2.05, 4.69) is 15.2 Å². The number of nitrogens with zero attached hydrogens (tertiary/aromatic N) is 2. The number of hydrogen-bond donors (Lipinski definition) is 1. The predicted octanol–water partition coefficient (Wildman–Crippen LogP) is 6.69. The van der Waals surface area contributed by atoms with Gasteiger partial charge in [0, 0.05) is 43.3 Å². The standard InChI is InChI=1S/C26H25F6N3/c27-25(28,29)18-9-16(10-19(11-18)26(30,31)32)12-33-13-17-14-34-24-4-2-1-3-22(24)23(17)15-35(20-5-6-20)21-7-8-21/h1-4,9-11,14,20-21,33H,5-8,12-13,15H2. The van der Waals surface area contributed by atoms with E-state index in [4.69, 9.17) is 0 Å². The van der Waals surface area contributed by atoms with Crippen LogP contribution in [0.1, 0.15) is 53.5 Å². The molecule has 35 heavy (non-hydrogen) atoms. The maximum atomic E-state index is 13.2. The van der Waals surface area contributed by atoms with Crippen molar-refractivity contribution in [2.24, 2.45) is 0 Å². The van der Waals surface area contributed by atoms with Gasteiger partial charge in [0.05, 0.1) is 16.6 Å². The summed E-state index contributed by atoms with van der Waals surface area (Å²) < 4.78 is 79.1. The molecule has 2 fully saturated rings. The molecular weight excluding hydrogens is 468 g/mol. The van der Waals surface area contributed by atoms with Crippen molar-refractivity contribution < 1.29 is 26.3 Å². The molecule has 0 spiro atoms. The fourth-order valence-corrected chi connectivity index (χ4v) is 4.59. The second kappa shape index (κ2) is 9.09. The molecule has 5 rings (SSSR count). The third-order valence-corrected chi connectivity index (χ3v) is 6.64. The molecule has 0 amide bonds. The Morgan fingerprint density at radius 2 is 1.43 bits per heavy atom. The molecule has 3 nitrogen and oxygen atoms in total. The molecule has 3 aromatic rings. The van der Waals surface area contributed by atoms with Gasteiger partial charge in [0.2, 0.25) is 0 Å². The first-order valence-electron chi connectivity index (χ1n) is 11.7. The van der Waals surface area contributed by atoms with Crippen LogP contribution in [0, 0.1) is 0 Å². The van der Waals surface area contributed by atoms with Crippen LogP contribution in [0.2, 0.25) is 0 Å². The molecule has 0 saturated heterocycles. The van der Waals surface area contributed by atoms with E-state index in [0.29, 0.717) is 12.1 Å². The molecule has 186 valence electrons. The van der Waals surface area contributed by atoms with Gasteiger partial charge < -0.3 is 5.32 Å². The minimum atomic E-state index is -4.86. The average molecular weight is 493 g/mol. The molecule has 2 aromatic carbocycles. The highest BCUT2D eigenvalue weighted by Gasteiger charge is 2.39. The van der Waals surface area contributed by atoms with E-state index in [0.717, 1.165) is 40.7 Å². The second-order valence-electron chi connectivity index (χ2n) is 9.43. The van der Waals surface area contributed by atoms with E-state index in [1.54, 1.807) is 6.20 Å². The number of nitrogens with one attached hydrogen (secondary N) is 1. The molecule has 1 aromatic heterocycles. The summed E-state index contributed by atoms with van der Waals surface area (Å²) in [6.45, 7) is 0.916. The lowest BCUT2D eigenvalue weighted by molar-refractivity contribution is -0.143. The van der Waals surface area contributed by atoms with Crippen LogP contribution in [0.25, 0.3) is 10.9 Å². The van der Waals surface area contributed by atoms with Gasteiger partial charge in [-0.1, -0.05) is 18.2 Å². The summed E-state index contributed by atoms with van der Waals surface area (Å²) >= 11 is 0. The molecule has 9 heteroatoms. The lowest BCUT2D eigenvalue weighted by atomic mass is 10.0. The van der Waals surface area contributed by atoms with Gasteiger partial charge in [-0.2, -0.15) is 26.3 Å². The molecule has 2 saturated carbocycles. The zero-order chi connectivity index (χ0) is 24.8. The van der Waals surface area contributed by atoms with Gasteiger partial charge in [0.25, 0.3) is 0 Å². The molecule has 2 aliphatic rings. The van der Waals surface area contributed by atoms with E-state index >= 15 is 0 Å². The van der Waals surface area contributed by atoms with Crippen LogP contribution in [-0.2, 0) is 32.0 Å². The Balaban J connectivity index is 1.39. The van der Waals surface area contributed by atoms with E-state index in [9.17, 15) is 26.3 Å². The molecule has 1 N–H and O–H groups in total. The van der Waals surface area contributed by atoms with Gasteiger partial charge in [-0.15, -0.1) is 0 Å². The third kappa shape index (κ3) is 5.62. The number of fused-ring (bicyclic) bond motifs is 1. The van der Waals surface area contributed by atoms with Crippen LogP contribution in [0.15, 0.2) is 48.7 Å². The van der Waals surface area contributed by atoms with Crippen molar-refractivity contribution in [2.75, 3.05) is 0 Å². The number of aromatic nitrogens is 1. The Morgan fingerprint density at radius 1 is 0.829 bits per heavy atom. The van der Waals surface area contributed by atoms with Gasteiger partial charge in [-0.05, 0) is 66.6 Å². The SMILES string of the molecule is FC(F)(F)c1cc(CNCc2cnc3ccccc3c2CN(C2CC2)C2CC2)cc(C(F)(F)F)c1. The maximum absolute atomic E-state index is 13.2. The lowest BCUT2D eigenvalue weighted by Crippen LogP contribution is -2.29. The van der Waals surface area contributed by atoms with Gasteiger partial charge in [0.1, 0.15) is 0 Å². The smallest absolute Gasteiger partial charge is 0.309 e. The normalized spacial score (nSPS) is 16.9. The number of halogens is 6. The summed E-state index contributed by atoms with van der Waals surface area (Å²) in [4.78, 5) is 7.07. The van der Waals surface area contributed by atoms with E-state index in [1.165, 1.54) is 25.7 Å². The van der Waals surface area contributed by atoms with Crippen molar-refractivity contribution in [1.82, 2.24) is 15.2 Å². The predicted molar refractivity (Wildman–Crippen MR) is 120 cm³/mol. The average Bonchev–Trinajstić information content (AvgIpc) is 3.71. The molecule has 1 heterocycles. The van der Waals surface area contributed by atoms with Crippen molar-refractivity contribution in [3.8, 4) is 0 Å². The van der Waals surface area contributed by atoms with Gasteiger partial charge in [0.15, 0.2) is 0 Å². The summed E-state index contributed by atoms with van der Waals surface area (Å²) in [6, 6.07) is 10.7. The molecule has 0 aliphatic heterocycles. The van der Waals surface area contributed by atoms with Crippen molar-refractivity contribution in [3.63, 3.8) is 0 Å². The fourth-order valence-electron chi connectivity index (χ4n) is 4.59. The molecule has 0 bridgehead atoms. The summed E-state index contributed by atoms with van der Waals surface area (Å²) in [5, 5.41) is 4.07. The van der Waals surface area contributed by atoms with Gasteiger partial charge >= 0.3 is 12.4 Å².